The molecule has 3 saturated carbocycles. The average Bonchev–Trinajstić information content (AvgIpc) is 3.08. The molecule has 0 heterocycles. The van der Waals surface area contributed by atoms with Crippen LogP contribution in [0.1, 0.15) is 91.4 Å². The van der Waals surface area contributed by atoms with E-state index in [1.165, 1.54) is 29.6 Å². The summed E-state index contributed by atoms with van der Waals surface area (Å²) in [5.74, 6) is 1.63. The van der Waals surface area contributed by atoms with Gasteiger partial charge in [0.15, 0.2) is 0 Å². The van der Waals surface area contributed by atoms with Gasteiger partial charge in [0.05, 0.1) is 11.7 Å². The molecule has 3 aliphatic carbocycles. The molecule has 3 fully saturated rings. The van der Waals surface area contributed by atoms with Crippen LogP contribution in [0.2, 0.25) is 0 Å². The molecule has 0 aliphatic heterocycles. The lowest BCUT2D eigenvalue weighted by molar-refractivity contribution is 0.00550. The van der Waals surface area contributed by atoms with Crippen molar-refractivity contribution in [1.82, 2.24) is 0 Å². The molecule has 5 atom stereocenters. The minimum atomic E-state index is -0.586. The normalized spacial score (nSPS) is 36.3. The van der Waals surface area contributed by atoms with E-state index in [-0.39, 0.29) is 18.1 Å². The topological polar surface area (TPSA) is 60.7 Å². The van der Waals surface area contributed by atoms with Crippen molar-refractivity contribution in [3.05, 3.63) is 35.5 Å². The summed E-state index contributed by atoms with van der Waals surface area (Å²) in [6.45, 7) is 10.6. The second-order valence-corrected chi connectivity index (χ2v) is 11.1. The van der Waals surface area contributed by atoms with Gasteiger partial charge in [-0.1, -0.05) is 49.6 Å². The number of allylic oxidation sites excluding steroid dienone is 4. The molecule has 3 nitrogen and oxygen atoms in total. The van der Waals surface area contributed by atoms with Crippen LogP contribution >= 0.6 is 0 Å². The summed E-state index contributed by atoms with van der Waals surface area (Å²) in [6, 6.07) is 0. The number of hydrogen-bond donors (Lipinski definition) is 3. The smallest absolute Gasteiger partial charge is 0.0591 e. The van der Waals surface area contributed by atoms with Crippen molar-refractivity contribution in [2.24, 2.45) is 23.2 Å². The van der Waals surface area contributed by atoms with Gasteiger partial charge in [0.25, 0.3) is 0 Å². The highest BCUT2D eigenvalue weighted by atomic mass is 16.3. The average molecular weight is 417 g/mol. The molecule has 0 unspecified atom stereocenters. The molecule has 0 radical (unpaired) electrons. The van der Waals surface area contributed by atoms with E-state index in [0.717, 1.165) is 57.8 Å². The Kier molecular flexibility index (Phi) is 7.69. The molecule has 0 saturated heterocycles. The quantitative estimate of drug-likeness (QED) is 0.498. The third-order valence-corrected chi connectivity index (χ3v) is 8.37. The predicted molar refractivity (Wildman–Crippen MR) is 124 cm³/mol. The summed E-state index contributed by atoms with van der Waals surface area (Å²) in [4.78, 5) is 0. The molecule has 3 aliphatic rings. The van der Waals surface area contributed by atoms with Gasteiger partial charge in [0.2, 0.25) is 0 Å². The minimum absolute atomic E-state index is 0.0276. The summed E-state index contributed by atoms with van der Waals surface area (Å²) in [6.07, 6.45) is 15.6. The molecule has 0 aromatic carbocycles. The van der Waals surface area contributed by atoms with E-state index in [9.17, 15) is 15.3 Å². The summed E-state index contributed by atoms with van der Waals surface area (Å²) < 4.78 is 0. The molecule has 3 N–H and O–H groups in total. The lowest BCUT2D eigenvalue weighted by Crippen LogP contribution is -2.41. The van der Waals surface area contributed by atoms with E-state index in [0.29, 0.717) is 17.8 Å². The van der Waals surface area contributed by atoms with Crippen molar-refractivity contribution in [2.45, 2.75) is 103 Å². The van der Waals surface area contributed by atoms with E-state index in [1.54, 1.807) is 0 Å². The zero-order valence-electron chi connectivity index (χ0n) is 19.5. The van der Waals surface area contributed by atoms with Crippen LogP contribution in [0.25, 0.3) is 0 Å². The first-order valence-electron chi connectivity index (χ1n) is 12.3. The summed E-state index contributed by atoms with van der Waals surface area (Å²) in [7, 11) is 0. The van der Waals surface area contributed by atoms with Gasteiger partial charge in [-0.15, -0.1) is 0 Å². The molecule has 30 heavy (non-hydrogen) atoms. The van der Waals surface area contributed by atoms with E-state index in [2.05, 4.69) is 25.7 Å². The number of aliphatic hydroxyl groups is 3. The van der Waals surface area contributed by atoms with Crippen LogP contribution in [-0.2, 0) is 0 Å². The first-order chi connectivity index (χ1) is 14.2. The van der Waals surface area contributed by atoms with Gasteiger partial charge < -0.3 is 15.3 Å². The lowest BCUT2D eigenvalue weighted by atomic mass is 9.60. The van der Waals surface area contributed by atoms with Crippen LogP contribution in [0, 0.1) is 23.2 Å². The van der Waals surface area contributed by atoms with Crippen LogP contribution < -0.4 is 0 Å². The van der Waals surface area contributed by atoms with Crippen LogP contribution in [0.4, 0.5) is 0 Å². The van der Waals surface area contributed by atoms with Crippen molar-refractivity contribution < 1.29 is 15.3 Å². The Balaban J connectivity index is 1.73. The standard InChI is InChI=1S/C27H44O3/c1-19-9-12-23(29)17-22(19)11-10-21-8-6-16-27(18-28)24(13-14-25(21)27)20(2)7-5-15-26(3,4)30/h10-11,20,23-25,28-30H,1,5-9,12-18H2,2-4H3/b21-10+,22-11+/t20-,23+,24-,25+,27+/m1/s1. The highest BCUT2D eigenvalue weighted by Gasteiger charge is 2.53. The zero-order chi connectivity index (χ0) is 21.9. The first kappa shape index (κ1) is 23.8. The van der Waals surface area contributed by atoms with E-state index < -0.39 is 5.60 Å². The second-order valence-electron chi connectivity index (χ2n) is 11.1. The Morgan fingerprint density at radius 2 is 1.97 bits per heavy atom. The van der Waals surface area contributed by atoms with Crippen molar-refractivity contribution in [1.29, 1.82) is 0 Å². The van der Waals surface area contributed by atoms with Gasteiger partial charge in [-0.05, 0) is 95.0 Å². The summed E-state index contributed by atoms with van der Waals surface area (Å²) in [5.41, 5.74) is 3.32. The molecular formula is C27H44O3. The summed E-state index contributed by atoms with van der Waals surface area (Å²) >= 11 is 0. The maximum Gasteiger partial charge on any atom is 0.0591 e. The van der Waals surface area contributed by atoms with Gasteiger partial charge in [0, 0.05) is 12.0 Å². The molecule has 0 aromatic heterocycles. The van der Waals surface area contributed by atoms with Crippen LogP contribution in [0.3, 0.4) is 0 Å². The van der Waals surface area contributed by atoms with Gasteiger partial charge >= 0.3 is 0 Å². The lowest BCUT2D eigenvalue weighted by Gasteiger charge is -2.46. The van der Waals surface area contributed by atoms with Crippen molar-refractivity contribution in [2.75, 3.05) is 6.61 Å². The maximum absolute atomic E-state index is 10.6. The van der Waals surface area contributed by atoms with Crippen molar-refractivity contribution in [3.8, 4) is 0 Å². The van der Waals surface area contributed by atoms with Gasteiger partial charge in [0.1, 0.15) is 0 Å². The molecule has 3 rings (SSSR count). The fourth-order valence-electron chi connectivity index (χ4n) is 6.70. The van der Waals surface area contributed by atoms with Crippen LogP contribution in [-0.4, -0.2) is 33.6 Å². The molecular weight excluding hydrogens is 372 g/mol. The maximum atomic E-state index is 10.6. The molecule has 0 aromatic rings. The third-order valence-electron chi connectivity index (χ3n) is 8.37. The van der Waals surface area contributed by atoms with Gasteiger partial charge in [-0.2, -0.15) is 0 Å². The van der Waals surface area contributed by atoms with Crippen molar-refractivity contribution >= 4 is 0 Å². The minimum Gasteiger partial charge on any atom is -0.396 e. The summed E-state index contributed by atoms with van der Waals surface area (Å²) in [5, 5.41) is 30.7. The number of aliphatic hydroxyl groups excluding tert-OH is 2. The highest BCUT2D eigenvalue weighted by Crippen LogP contribution is 2.60. The molecule has 170 valence electrons. The molecule has 0 spiro atoms. The number of rotatable bonds is 7. The molecule has 0 amide bonds. The molecule has 3 heteroatoms. The Bertz CT molecular complexity index is 668. The van der Waals surface area contributed by atoms with E-state index in [1.807, 2.05) is 13.8 Å². The van der Waals surface area contributed by atoms with Gasteiger partial charge in [-0.25, -0.2) is 0 Å². The second kappa shape index (κ2) is 9.71. The first-order valence-corrected chi connectivity index (χ1v) is 12.3. The SMILES string of the molecule is C=C1CC[C@H](O)C/C1=C\C=C1/CCC[C@]2(CO)[C@@H]([C@H](C)CCCC(C)(C)O)CC[C@@H]12. The van der Waals surface area contributed by atoms with Gasteiger partial charge in [-0.3, -0.25) is 0 Å². The fourth-order valence-corrected chi connectivity index (χ4v) is 6.70. The Morgan fingerprint density at radius 3 is 2.67 bits per heavy atom. The Hall–Kier alpha value is -0.900. The number of hydrogen-bond acceptors (Lipinski definition) is 3. The van der Waals surface area contributed by atoms with E-state index in [4.69, 9.17) is 0 Å². The zero-order valence-corrected chi connectivity index (χ0v) is 19.5. The Labute approximate surface area is 184 Å². The fraction of sp³-hybridized carbons (Fsp3) is 0.778. The van der Waals surface area contributed by atoms with Crippen LogP contribution in [0.5, 0.6) is 0 Å². The van der Waals surface area contributed by atoms with E-state index >= 15 is 0 Å². The highest BCUT2D eigenvalue weighted by molar-refractivity contribution is 5.36. The Morgan fingerprint density at radius 1 is 1.20 bits per heavy atom. The number of fused-ring (bicyclic) bond motifs is 1. The predicted octanol–water partition coefficient (Wildman–Crippen LogP) is 5.71. The third kappa shape index (κ3) is 5.29. The van der Waals surface area contributed by atoms with Crippen LogP contribution in [0.15, 0.2) is 35.5 Å². The monoisotopic (exact) mass is 416 g/mol. The van der Waals surface area contributed by atoms with Crippen molar-refractivity contribution in [3.63, 3.8) is 0 Å². The molecule has 0 bridgehead atoms. The largest absolute Gasteiger partial charge is 0.396 e.